The highest BCUT2D eigenvalue weighted by molar-refractivity contribution is 7.92. The van der Waals surface area contributed by atoms with Gasteiger partial charge in [-0.2, -0.15) is 0 Å². The predicted octanol–water partition coefficient (Wildman–Crippen LogP) is 5.05. The smallest absolute Gasteiger partial charge is 0.264 e. The summed E-state index contributed by atoms with van der Waals surface area (Å²) in [6.45, 7) is 1.50. The summed E-state index contributed by atoms with van der Waals surface area (Å²) in [5.41, 5.74) is 3.52. The van der Waals surface area contributed by atoms with E-state index in [1.807, 2.05) is 25.1 Å². The lowest BCUT2D eigenvalue weighted by atomic mass is 9.88. The van der Waals surface area contributed by atoms with Crippen LogP contribution in [-0.2, 0) is 21.2 Å². The first-order valence-corrected chi connectivity index (χ1v) is 12.9. The number of nitrogens with zero attached hydrogens (tertiary/aromatic N) is 1. The van der Waals surface area contributed by atoms with Gasteiger partial charge in [-0.25, -0.2) is 8.42 Å². The topological polar surface area (TPSA) is 75.7 Å². The number of rotatable bonds is 7. The third kappa shape index (κ3) is 5.05. The van der Waals surface area contributed by atoms with Crippen LogP contribution in [0, 0.1) is 6.92 Å². The molecule has 0 bridgehead atoms. The summed E-state index contributed by atoms with van der Waals surface area (Å²) in [6.07, 6.45) is 2.74. The fraction of sp³-hybridized carbons (Fsp3) is 0.269. The number of nitrogens with one attached hydrogen (secondary N) is 1. The van der Waals surface area contributed by atoms with Gasteiger partial charge in [0.2, 0.25) is 5.91 Å². The van der Waals surface area contributed by atoms with E-state index in [4.69, 9.17) is 16.3 Å². The van der Waals surface area contributed by atoms with E-state index in [1.165, 1.54) is 30.9 Å². The minimum Gasteiger partial charge on any atom is -0.495 e. The fourth-order valence-electron chi connectivity index (χ4n) is 4.24. The minimum absolute atomic E-state index is 0.0980. The van der Waals surface area contributed by atoms with Crippen LogP contribution in [0.3, 0.4) is 0 Å². The van der Waals surface area contributed by atoms with Gasteiger partial charge >= 0.3 is 0 Å². The van der Waals surface area contributed by atoms with Crippen molar-refractivity contribution in [3.8, 4) is 5.75 Å². The molecule has 3 aromatic rings. The normalized spacial score (nSPS) is 15.3. The number of hydrogen-bond acceptors (Lipinski definition) is 4. The number of benzene rings is 3. The van der Waals surface area contributed by atoms with Crippen LogP contribution >= 0.6 is 11.6 Å². The summed E-state index contributed by atoms with van der Waals surface area (Å²) in [5.74, 6) is 0.0331. The largest absolute Gasteiger partial charge is 0.495 e. The summed E-state index contributed by atoms with van der Waals surface area (Å²) >= 11 is 6.29. The van der Waals surface area contributed by atoms with Crippen molar-refractivity contribution >= 4 is 33.2 Å². The fourth-order valence-corrected chi connectivity index (χ4v) is 5.90. The van der Waals surface area contributed by atoms with E-state index >= 15 is 0 Å². The van der Waals surface area contributed by atoms with Crippen molar-refractivity contribution in [2.75, 3.05) is 18.0 Å². The maximum atomic E-state index is 13.6. The van der Waals surface area contributed by atoms with Crippen LogP contribution in [0.1, 0.15) is 35.6 Å². The van der Waals surface area contributed by atoms with E-state index < -0.39 is 10.0 Å². The van der Waals surface area contributed by atoms with Gasteiger partial charge in [-0.3, -0.25) is 9.10 Å². The highest BCUT2D eigenvalue weighted by Crippen LogP contribution is 2.33. The number of sulfonamides is 1. The van der Waals surface area contributed by atoms with Gasteiger partial charge in [0.05, 0.1) is 28.8 Å². The Morgan fingerprint density at radius 3 is 2.56 bits per heavy atom. The number of ether oxygens (including phenoxy) is 1. The first-order valence-electron chi connectivity index (χ1n) is 11.1. The van der Waals surface area contributed by atoms with Gasteiger partial charge in [0.15, 0.2) is 0 Å². The molecule has 1 aliphatic carbocycles. The molecule has 0 fully saturated rings. The zero-order chi connectivity index (χ0) is 24.3. The van der Waals surface area contributed by atoms with E-state index in [0.29, 0.717) is 5.75 Å². The lowest BCUT2D eigenvalue weighted by Crippen LogP contribution is -2.42. The molecule has 1 amide bonds. The SMILES string of the molecule is COc1ccc(N(CC(=O)N[C@@H]2CCCc3ccccc32)S(=O)(=O)c2ccc(C)cc2)cc1Cl. The molecule has 0 aromatic heterocycles. The number of hydrogen-bond donors (Lipinski definition) is 1. The van der Waals surface area contributed by atoms with Crippen molar-refractivity contribution in [1.82, 2.24) is 5.32 Å². The molecule has 0 saturated heterocycles. The number of fused-ring (bicyclic) bond motifs is 1. The molecule has 6 nitrogen and oxygen atoms in total. The molecule has 178 valence electrons. The van der Waals surface area contributed by atoms with Crippen molar-refractivity contribution in [2.24, 2.45) is 0 Å². The Bertz CT molecular complexity index is 1290. The van der Waals surface area contributed by atoms with Crippen molar-refractivity contribution in [2.45, 2.75) is 37.1 Å². The zero-order valence-corrected chi connectivity index (χ0v) is 20.7. The van der Waals surface area contributed by atoms with E-state index in [2.05, 4.69) is 11.4 Å². The van der Waals surface area contributed by atoms with Crippen molar-refractivity contribution in [1.29, 1.82) is 0 Å². The first kappa shape index (κ1) is 24.1. The molecule has 3 aromatic carbocycles. The van der Waals surface area contributed by atoms with Crippen LogP contribution < -0.4 is 14.4 Å². The Labute approximate surface area is 205 Å². The van der Waals surface area contributed by atoms with Crippen LogP contribution in [0.15, 0.2) is 71.6 Å². The maximum absolute atomic E-state index is 13.6. The number of carbonyl (C=O) groups excluding carboxylic acids is 1. The van der Waals surface area contributed by atoms with Gasteiger partial charge in [0.25, 0.3) is 10.0 Å². The molecule has 0 aliphatic heterocycles. The van der Waals surface area contributed by atoms with Crippen molar-refractivity contribution in [3.63, 3.8) is 0 Å². The van der Waals surface area contributed by atoms with E-state index in [9.17, 15) is 13.2 Å². The highest BCUT2D eigenvalue weighted by Gasteiger charge is 2.29. The molecule has 0 heterocycles. The number of halogens is 1. The summed E-state index contributed by atoms with van der Waals surface area (Å²) in [4.78, 5) is 13.3. The summed E-state index contributed by atoms with van der Waals surface area (Å²) < 4.78 is 33.5. The zero-order valence-electron chi connectivity index (χ0n) is 19.1. The second-order valence-corrected chi connectivity index (χ2v) is 10.6. The molecule has 1 aliphatic rings. The average Bonchev–Trinajstić information content (AvgIpc) is 2.83. The third-order valence-corrected chi connectivity index (χ3v) is 8.11. The van der Waals surface area contributed by atoms with Crippen LogP contribution in [-0.4, -0.2) is 28.0 Å². The lowest BCUT2D eigenvalue weighted by Gasteiger charge is -2.29. The Morgan fingerprint density at radius 2 is 1.85 bits per heavy atom. The van der Waals surface area contributed by atoms with Gasteiger partial charge in [0.1, 0.15) is 12.3 Å². The standard InChI is InChI=1S/C26H27ClN2O4S/c1-18-10-13-21(14-11-18)34(31,32)29(20-12-15-25(33-2)23(27)16-20)17-26(30)28-24-9-5-7-19-6-3-4-8-22(19)24/h3-4,6,8,10-16,24H,5,7,9,17H2,1-2H3,(H,28,30)/t24-/m1/s1. The average molecular weight is 499 g/mol. The minimum atomic E-state index is -4.03. The summed E-state index contributed by atoms with van der Waals surface area (Å²) in [7, 11) is -2.55. The van der Waals surface area contributed by atoms with E-state index in [-0.39, 0.29) is 34.1 Å². The quantitative estimate of drug-likeness (QED) is 0.494. The van der Waals surface area contributed by atoms with Gasteiger partial charge in [-0.1, -0.05) is 53.6 Å². The molecular weight excluding hydrogens is 472 g/mol. The molecule has 0 spiro atoms. The van der Waals surface area contributed by atoms with Gasteiger partial charge < -0.3 is 10.1 Å². The second-order valence-electron chi connectivity index (χ2n) is 8.35. The molecule has 0 saturated carbocycles. The summed E-state index contributed by atoms with van der Waals surface area (Å²) in [5, 5.41) is 3.30. The molecule has 1 atom stereocenters. The van der Waals surface area contributed by atoms with Crippen LogP contribution in [0.5, 0.6) is 5.75 Å². The molecule has 1 N–H and O–H groups in total. The number of amides is 1. The summed E-state index contributed by atoms with van der Waals surface area (Å²) in [6, 6.07) is 19.1. The molecular formula is C26H27ClN2O4S. The van der Waals surface area contributed by atoms with Crippen molar-refractivity contribution < 1.29 is 17.9 Å². The first-order chi connectivity index (χ1) is 16.3. The second kappa shape index (κ2) is 10.1. The maximum Gasteiger partial charge on any atom is 0.264 e. The number of carbonyl (C=O) groups is 1. The van der Waals surface area contributed by atoms with Crippen LogP contribution in [0.2, 0.25) is 5.02 Å². The Hall–Kier alpha value is -3.03. The van der Waals surface area contributed by atoms with Gasteiger partial charge in [0, 0.05) is 0 Å². The number of anilines is 1. The molecule has 0 radical (unpaired) electrons. The van der Waals surface area contributed by atoms with Crippen LogP contribution in [0.25, 0.3) is 0 Å². The van der Waals surface area contributed by atoms with E-state index in [0.717, 1.165) is 34.7 Å². The van der Waals surface area contributed by atoms with Gasteiger partial charge in [-0.15, -0.1) is 0 Å². The van der Waals surface area contributed by atoms with E-state index in [1.54, 1.807) is 24.3 Å². The highest BCUT2D eigenvalue weighted by atomic mass is 35.5. The molecule has 8 heteroatoms. The Morgan fingerprint density at radius 1 is 1.12 bits per heavy atom. The lowest BCUT2D eigenvalue weighted by molar-refractivity contribution is -0.120. The predicted molar refractivity (Wildman–Crippen MR) is 134 cm³/mol. The molecule has 4 rings (SSSR count). The number of aryl methyl sites for hydroxylation is 2. The monoisotopic (exact) mass is 498 g/mol. The number of methoxy groups -OCH3 is 1. The third-order valence-electron chi connectivity index (χ3n) is 6.02. The van der Waals surface area contributed by atoms with Crippen molar-refractivity contribution in [3.05, 3.63) is 88.4 Å². The molecule has 34 heavy (non-hydrogen) atoms. The Balaban J connectivity index is 1.65. The molecule has 0 unspecified atom stereocenters. The van der Waals surface area contributed by atoms with Crippen LogP contribution in [0.4, 0.5) is 5.69 Å². The van der Waals surface area contributed by atoms with Gasteiger partial charge in [-0.05, 0) is 67.6 Å². The Kier molecular flexibility index (Phi) is 7.14.